The molecule has 68 valence electrons. The predicted molar refractivity (Wildman–Crippen MR) is 56.5 cm³/mol. The number of Topliss-reactive ketones (excluding diaryl/α,β-unsaturated/α-hetero) is 1. The lowest BCUT2D eigenvalue weighted by atomic mass is 9.99. The molecule has 1 aromatic carbocycles. The van der Waals surface area contributed by atoms with Gasteiger partial charge in [0.2, 0.25) is 0 Å². The van der Waals surface area contributed by atoms with Crippen LogP contribution < -0.4 is 0 Å². The van der Waals surface area contributed by atoms with E-state index in [2.05, 4.69) is 28.9 Å². The molecule has 0 N–H and O–H groups in total. The number of hydrogen-bond acceptors (Lipinski definition) is 1. The summed E-state index contributed by atoms with van der Waals surface area (Å²) in [7, 11) is 0. The Morgan fingerprint density at radius 3 is 2.77 bits per heavy atom. The minimum absolute atomic E-state index is 0.00472. The fourth-order valence-corrected chi connectivity index (χ4v) is 2.87. The number of hydrogen-bond donors (Lipinski definition) is 0. The van der Waals surface area contributed by atoms with Crippen molar-refractivity contribution in [1.82, 2.24) is 0 Å². The number of benzene rings is 1. The number of alkyl halides is 1. The molecule has 0 amide bonds. The molecular weight excluding hydrogens is 228 g/mol. The summed E-state index contributed by atoms with van der Waals surface area (Å²) < 4.78 is 0. The molecule has 0 spiro atoms. The first-order valence-corrected chi connectivity index (χ1v) is 5.44. The van der Waals surface area contributed by atoms with Gasteiger partial charge >= 0.3 is 0 Å². The molecule has 0 bridgehead atoms. The van der Waals surface area contributed by atoms with Gasteiger partial charge in [-0.3, -0.25) is 4.79 Å². The molecule has 0 saturated carbocycles. The van der Waals surface area contributed by atoms with Gasteiger partial charge in [-0.15, -0.1) is 0 Å². The third kappa shape index (κ3) is 1.24. The molecule has 0 heterocycles. The van der Waals surface area contributed by atoms with Crippen LogP contribution in [0.3, 0.4) is 0 Å². The summed E-state index contributed by atoms with van der Waals surface area (Å²) in [5.41, 5.74) is 2.10. The molecule has 1 aliphatic carbocycles. The van der Waals surface area contributed by atoms with Crippen molar-refractivity contribution in [3.63, 3.8) is 0 Å². The van der Waals surface area contributed by atoms with Crippen LogP contribution >= 0.6 is 15.9 Å². The highest BCUT2D eigenvalue weighted by Crippen LogP contribution is 2.39. The fraction of sp³-hybridized carbons (Fsp3) is 0.364. The van der Waals surface area contributed by atoms with Crippen molar-refractivity contribution in [2.24, 2.45) is 0 Å². The van der Waals surface area contributed by atoms with Crippen LogP contribution in [0.4, 0.5) is 0 Å². The van der Waals surface area contributed by atoms with E-state index in [1.54, 1.807) is 0 Å². The molecule has 2 unspecified atom stereocenters. The van der Waals surface area contributed by atoms with Gasteiger partial charge in [-0.25, -0.2) is 0 Å². The molecule has 0 fully saturated rings. The van der Waals surface area contributed by atoms with Crippen LogP contribution in [-0.2, 0) is 0 Å². The Kier molecular flexibility index (Phi) is 2.24. The van der Waals surface area contributed by atoms with Crippen LogP contribution in [0.1, 0.15) is 35.2 Å². The summed E-state index contributed by atoms with van der Waals surface area (Å²) >= 11 is 3.46. The Balaban J connectivity index is 2.53. The van der Waals surface area contributed by atoms with Crippen LogP contribution in [0.2, 0.25) is 0 Å². The van der Waals surface area contributed by atoms with E-state index in [9.17, 15) is 4.79 Å². The third-order valence-corrected chi connectivity index (χ3v) is 3.72. The Labute approximate surface area is 86.3 Å². The Bertz CT molecular complexity index is 346. The first-order valence-electron chi connectivity index (χ1n) is 4.53. The van der Waals surface area contributed by atoms with E-state index in [4.69, 9.17) is 0 Å². The van der Waals surface area contributed by atoms with Crippen LogP contribution in [-0.4, -0.2) is 10.6 Å². The van der Waals surface area contributed by atoms with Gasteiger partial charge in [0.05, 0.1) is 4.83 Å². The average molecular weight is 239 g/mol. The van der Waals surface area contributed by atoms with Gasteiger partial charge < -0.3 is 0 Å². The number of carbonyl (C=O) groups is 1. The molecule has 1 nitrogen and oxygen atoms in total. The predicted octanol–water partition coefficient (Wildman–Crippen LogP) is 3.14. The van der Waals surface area contributed by atoms with E-state index in [1.807, 2.05) is 18.2 Å². The van der Waals surface area contributed by atoms with Crippen molar-refractivity contribution >= 4 is 21.7 Å². The van der Waals surface area contributed by atoms with Crippen molar-refractivity contribution in [2.45, 2.75) is 24.1 Å². The van der Waals surface area contributed by atoms with Gasteiger partial charge in [0.15, 0.2) is 5.78 Å². The highest BCUT2D eigenvalue weighted by atomic mass is 79.9. The Hall–Kier alpha value is -0.630. The zero-order chi connectivity index (χ0) is 9.42. The minimum Gasteiger partial charge on any atom is -0.293 e. The van der Waals surface area contributed by atoms with Crippen molar-refractivity contribution < 1.29 is 4.79 Å². The van der Waals surface area contributed by atoms with Crippen LogP contribution in [0.15, 0.2) is 24.3 Å². The van der Waals surface area contributed by atoms with E-state index >= 15 is 0 Å². The maximum Gasteiger partial charge on any atom is 0.177 e. The van der Waals surface area contributed by atoms with Crippen molar-refractivity contribution in [2.75, 3.05) is 0 Å². The van der Waals surface area contributed by atoms with E-state index < -0.39 is 0 Å². The van der Waals surface area contributed by atoms with Gasteiger partial charge in [-0.2, -0.15) is 0 Å². The average Bonchev–Trinajstić information content (AvgIpc) is 2.41. The molecule has 0 saturated heterocycles. The second-order valence-corrected chi connectivity index (χ2v) is 4.35. The molecule has 0 aliphatic heterocycles. The summed E-state index contributed by atoms with van der Waals surface area (Å²) in [6, 6.07) is 7.90. The number of rotatable bonds is 1. The van der Waals surface area contributed by atoms with Crippen molar-refractivity contribution in [1.29, 1.82) is 0 Å². The summed E-state index contributed by atoms with van der Waals surface area (Å²) in [6.45, 7) is 2.12. The zero-order valence-electron chi connectivity index (χ0n) is 7.46. The van der Waals surface area contributed by atoms with Crippen molar-refractivity contribution in [3.05, 3.63) is 35.4 Å². The molecule has 1 aromatic rings. The third-order valence-electron chi connectivity index (χ3n) is 2.67. The largest absolute Gasteiger partial charge is 0.293 e. The van der Waals surface area contributed by atoms with Gasteiger partial charge in [0.1, 0.15) is 0 Å². The quantitative estimate of drug-likeness (QED) is 0.688. The lowest BCUT2D eigenvalue weighted by Gasteiger charge is -2.10. The standard InChI is InChI=1S/C11H11BrO/c1-2-7-8-5-3-4-6-9(8)11(13)10(7)12/h3-7,10H,2H2,1H3. The highest BCUT2D eigenvalue weighted by Gasteiger charge is 2.36. The molecule has 2 rings (SSSR count). The van der Waals surface area contributed by atoms with Gasteiger partial charge in [0.25, 0.3) is 0 Å². The van der Waals surface area contributed by atoms with Gasteiger partial charge in [-0.1, -0.05) is 47.1 Å². The number of carbonyl (C=O) groups excluding carboxylic acids is 1. The molecular formula is C11H11BrO. The second kappa shape index (κ2) is 3.26. The highest BCUT2D eigenvalue weighted by molar-refractivity contribution is 9.10. The van der Waals surface area contributed by atoms with Crippen molar-refractivity contribution in [3.8, 4) is 0 Å². The van der Waals surface area contributed by atoms with E-state index in [0.29, 0.717) is 5.92 Å². The maximum absolute atomic E-state index is 11.7. The summed E-state index contributed by atoms with van der Waals surface area (Å²) in [6.07, 6.45) is 1.01. The molecule has 2 heteroatoms. The lowest BCUT2D eigenvalue weighted by molar-refractivity contribution is 0.0997. The molecule has 2 atom stereocenters. The summed E-state index contributed by atoms with van der Waals surface area (Å²) in [4.78, 5) is 11.7. The number of halogens is 1. The van der Waals surface area contributed by atoms with E-state index in [-0.39, 0.29) is 10.6 Å². The SMILES string of the molecule is CCC1c2ccccc2C(=O)C1Br. The number of fused-ring (bicyclic) bond motifs is 1. The first kappa shape index (κ1) is 8.95. The fourth-order valence-electron chi connectivity index (χ4n) is 1.96. The van der Waals surface area contributed by atoms with Gasteiger partial charge in [0, 0.05) is 11.5 Å². The number of ketones is 1. The van der Waals surface area contributed by atoms with Gasteiger partial charge in [-0.05, 0) is 12.0 Å². The zero-order valence-corrected chi connectivity index (χ0v) is 9.04. The lowest BCUT2D eigenvalue weighted by Crippen LogP contribution is -2.11. The van der Waals surface area contributed by atoms with E-state index in [1.165, 1.54) is 5.56 Å². The van der Waals surface area contributed by atoms with Crippen LogP contribution in [0, 0.1) is 0 Å². The Morgan fingerprint density at radius 2 is 2.08 bits per heavy atom. The van der Waals surface area contributed by atoms with Crippen LogP contribution in [0.5, 0.6) is 0 Å². The van der Waals surface area contributed by atoms with E-state index in [0.717, 1.165) is 12.0 Å². The minimum atomic E-state index is -0.00472. The van der Waals surface area contributed by atoms with Crippen LogP contribution in [0.25, 0.3) is 0 Å². The summed E-state index contributed by atoms with van der Waals surface area (Å²) in [5.74, 6) is 0.603. The second-order valence-electron chi connectivity index (χ2n) is 3.37. The molecule has 0 radical (unpaired) electrons. The Morgan fingerprint density at radius 1 is 1.38 bits per heavy atom. The smallest absolute Gasteiger partial charge is 0.177 e. The molecule has 0 aromatic heterocycles. The molecule has 13 heavy (non-hydrogen) atoms. The topological polar surface area (TPSA) is 17.1 Å². The summed E-state index contributed by atoms with van der Waals surface area (Å²) in [5, 5.41) is 0. The first-order chi connectivity index (χ1) is 6.25. The maximum atomic E-state index is 11.7. The normalized spacial score (nSPS) is 26.2. The molecule has 1 aliphatic rings. The monoisotopic (exact) mass is 238 g/mol.